The van der Waals surface area contributed by atoms with E-state index in [1.165, 1.54) is 0 Å². The molecule has 0 atom stereocenters. The van der Waals surface area contributed by atoms with Crippen LogP contribution in [0.2, 0.25) is 5.02 Å². The molecule has 1 saturated heterocycles. The lowest BCUT2D eigenvalue weighted by atomic mass is 9.78. The van der Waals surface area contributed by atoms with E-state index >= 15 is 0 Å². The Morgan fingerprint density at radius 3 is 2.54 bits per heavy atom. The molecule has 1 fully saturated rings. The van der Waals surface area contributed by atoms with Gasteiger partial charge in [0.15, 0.2) is 0 Å². The Morgan fingerprint density at radius 2 is 2.00 bits per heavy atom. The summed E-state index contributed by atoms with van der Waals surface area (Å²) in [4.78, 5) is 24.4. The Balaban J connectivity index is 0.00000288. The first-order valence-electron chi connectivity index (χ1n) is 7.55. The summed E-state index contributed by atoms with van der Waals surface area (Å²) in [5.41, 5.74) is 0.411. The highest BCUT2D eigenvalue weighted by atomic mass is 35.5. The van der Waals surface area contributed by atoms with E-state index in [1.54, 1.807) is 32.4 Å². The van der Waals surface area contributed by atoms with Gasteiger partial charge in [-0.1, -0.05) is 11.6 Å². The van der Waals surface area contributed by atoms with Gasteiger partial charge in [-0.25, -0.2) is 0 Å². The van der Waals surface area contributed by atoms with Crippen molar-refractivity contribution in [2.75, 3.05) is 39.2 Å². The monoisotopic (exact) mass is 375 g/mol. The topological polar surface area (TPSA) is 79.5 Å². The molecular weight excluding hydrogens is 353 g/mol. The third kappa shape index (κ3) is 4.60. The maximum Gasteiger partial charge on any atom is 0.252 e. The van der Waals surface area contributed by atoms with Gasteiger partial charge in [0.2, 0.25) is 5.91 Å². The lowest BCUT2D eigenvalue weighted by Crippen LogP contribution is -2.47. The smallest absolute Gasteiger partial charge is 0.252 e. The second-order valence-electron chi connectivity index (χ2n) is 5.69. The second-order valence-corrected chi connectivity index (χ2v) is 6.10. The van der Waals surface area contributed by atoms with E-state index in [4.69, 9.17) is 16.3 Å². The molecule has 0 aliphatic carbocycles. The highest BCUT2D eigenvalue weighted by Gasteiger charge is 2.39. The molecule has 0 bridgehead atoms. The average molecular weight is 376 g/mol. The predicted molar refractivity (Wildman–Crippen MR) is 97.1 cm³/mol. The van der Waals surface area contributed by atoms with E-state index < -0.39 is 5.41 Å². The van der Waals surface area contributed by atoms with Crippen LogP contribution in [0.25, 0.3) is 0 Å². The normalized spacial score (nSPS) is 16.0. The number of anilines is 1. The molecule has 0 saturated carbocycles. The molecule has 2 rings (SSSR count). The van der Waals surface area contributed by atoms with E-state index in [-0.39, 0.29) is 24.2 Å². The first-order valence-corrected chi connectivity index (χ1v) is 7.93. The Labute approximate surface area is 153 Å². The molecule has 0 unspecified atom stereocenters. The van der Waals surface area contributed by atoms with Crippen molar-refractivity contribution in [1.29, 1.82) is 0 Å². The number of halogens is 2. The molecule has 24 heavy (non-hydrogen) atoms. The number of amides is 2. The first kappa shape index (κ1) is 20.7. The van der Waals surface area contributed by atoms with Crippen molar-refractivity contribution in [2.24, 2.45) is 5.41 Å². The van der Waals surface area contributed by atoms with Crippen LogP contribution < -0.4 is 16.0 Å². The van der Waals surface area contributed by atoms with Crippen LogP contribution in [0, 0.1) is 5.41 Å². The molecule has 1 heterocycles. The van der Waals surface area contributed by atoms with Crippen molar-refractivity contribution < 1.29 is 14.3 Å². The summed E-state index contributed by atoms with van der Waals surface area (Å²) in [7, 11) is 3.14. The molecule has 6 nitrogen and oxygen atoms in total. The second kappa shape index (κ2) is 9.22. The Bertz CT molecular complexity index is 584. The van der Waals surface area contributed by atoms with E-state index in [1.807, 2.05) is 0 Å². The van der Waals surface area contributed by atoms with Crippen molar-refractivity contribution in [3.05, 3.63) is 28.8 Å². The zero-order chi connectivity index (χ0) is 16.9. The third-order valence-electron chi connectivity index (χ3n) is 4.16. The average Bonchev–Trinajstić information content (AvgIpc) is 2.55. The number of hydrogen-bond donors (Lipinski definition) is 3. The molecule has 1 aromatic rings. The molecule has 0 aromatic heterocycles. The fraction of sp³-hybridized carbons (Fsp3) is 0.500. The highest BCUT2D eigenvalue weighted by Crippen LogP contribution is 2.31. The number of piperidine rings is 1. The zero-order valence-corrected chi connectivity index (χ0v) is 15.4. The summed E-state index contributed by atoms with van der Waals surface area (Å²) in [6.07, 6.45) is 1.44. The summed E-state index contributed by atoms with van der Waals surface area (Å²) in [5.74, 6) is -0.341. The summed E-state index contributed by atoms with van der Waals surface area (Å²) in [6, 6.07) is 4.86. The van der Waals surface area contributed by atoms with Gasteiger partial charge in [0, 0.05) is 19.8 Å². The molecule has 3 N–H and O–H groups in total. The van der Waals surface area contributed by atoms with Crippen molar-refractivity contribution in [3.63, 3.8) is 0 Å². The van der Waals surface area contributed by atoms with Crippen LogP contribution in [0.4, 0.5) is 5.69 Å². The minimum absolute atomic E-state index is 0. The Hall–Kier alpha value is -1.34. The van der Waals surface area contributed by atoms with Gasteiger partial charge in [-0.2, -0.15) is 0 Å². The van der Waals surface area contributed by atoms with Crippen molar-refractivity contribution in [1.82, 2.24) is 10.6 Å². The fourth-order valence-electron chi connectivity index (χ4n) is 2.79. The molecule has 8 heteroatoms. The van der Waals surface area contributed by atoms with Gasteiger partial charge in [0.05, 0.1) is 22.6 Å². The molecule has 2 amide bonds. The van der Waals surface area contributed by atoms with Crippen LogP contribution in [-0.4, -0.2) is 45.7 Å². The van der Waals surface area contributed by atoms with Crippen LogP contribution in [0.3, 0.4) is 0 Å². The van der Waals surface area contributed by atoms with Crippen LogP contribution in [-0.2, 0) is 9.53 Å². The minimum Gasteiger partial charge on any atom is -0.384 e. The summed E-state index contributed by atoms with van der Waals surface area (Å²) in [6.45, 7) is 1.95. The molecule has 0 radical (unpaired) electrons. The van der Waals surface area contributed by atoms with Gasteiger partial charge >= 0.3 is 0 Å². The number of ether oxygens (including phenoxy) is 1. The number of carbonyl (C=O) groups excluding carboxylic acids is 2. The SMILES string of the molecule is CNC(=O)c1ccc(NC(=O)C2(COC)CCNCC2)cc1Cl.Cl. The number of carbonyl (C=O) groups is 2. The van der Waals surface area contributed by atoms with Gasteiger partial charge in [-0.3, -0.25) is 9.59 Å². The summed E-state index contributed by atoms with van der Waals surface area (Å²) in [5, 5.41) is 8.97. The standard InChI is InChI=1S/C16H22ClN3O3.ClH/c1-18-14(21)12-4-3-11(9-13(12)17)20-15(22)16(10-23-2)5-7-19-8-6-16;/h3-4,9,19H,5-8,10H2,1-2H3,(H,18,21)(H,20,22);1H. The minimum atomic E-state index is -0.536. The molecule has 1 aliphatic rings. The largest absolute Gasteiger partial charge is 0.384 e. The van der Waals surface area contributed by atoms with Crippen molar-refractivity contribution >= 4 is 41.5 Å². The summed E-state index contributed by atoms with van der Waals surface area (Å²) < 4.78 is 5.26. The van der Waals surface area contributed by atoms with E-state index in [0.29, 0.717) is 22.9 Å². The molecule has 134 valence electrons. The molecular formula is C16H23Cl2N3O3. The quantitative estimate of drug-likeness (QED) is 0.735. The van der Waals surface area contributed by atoms with Crippen LogP contribution in [0.15, 0.2) is 18.2 Å². The lowest BCUT2D eigenvalue weighted by molar-refractivity contribution is -0.130. The van der Waals surface area contributed by atoms with Gasteiger partial charge in [0.1, 0.15) is 0 Å². The molecule has 0 spiro atoms. The fourth-order valence-corrected chi connectivity index (χ4v) is 3.06. The van der Waals surface area contributed by atoms with Gasteiger partial charge in [-0.15, -0.1) is 12.4 Å². The van der Waals surface area contributed by atoms with Gasteiger partial charge < -0.3 is 20.7 Å². The summed E-state index contributed by atoms with van der Waals surface area (Å²) >= 11 is 6.12. The van der Waals surface area contributed by atoms with Gasteiger partial charge in [0.25, 0.3) is 5.91 Å². The maximum absolute atomic E-state index is 12.7. The Morgan fingerprint density at radius 1 is 1.33 bits per heavy atom. The predicted octanol–water partition coefficient (Wildman–Crippen LogP) is 2.08. The van der Waals surface area contributed by atoms with Crippen molar-refractivity contribution in [2.45, 2.75) is 12.8 Å². The highest BCUT2D eigenvalue weighted by molar-refractivity contribution is 6.34. The van der Waals surface area contributed by atoms with E-state index in [2.05, 4.69) is 16.0 Å². The number of rotatable bonds is 5. The van der Waals surface area contributed by atoms with Crippen LogP contribution in [0.1, 0.15) is 23.2 Å². The number of methoxy groups -OCH3 is 1. The first-order chi connectivity index (χ1) is 11.0. The van der Waals surface area contributed by atoms with Gasteiger partial charge in [-0.05, 0) is 44.1 Å². The van der Waals surface area contributed by atoms with Crippen LogP contribution >= 0.6 is 24.0 Å². The van der Waals surface area contributed by atoms with Crippen LogP contribution in [0.5, 0.6) is 0 Å². The number of benzene rings is 1. The lowest BCUT2D eigenvalue weighted by Gasteiger charge is -2.35. The van der Waals surface area contributed by atoms with Crippen molar-refractivity contribution in [3.8, 4) is 0 Å². The van der Waals surface area contributed by atoms with E-state index in [9.17, 15) is 9.59 Å². The maximum atomic E-state index is 12.7. The van der Waals surface area contributed by atoms with E-state index in [0.717, 1.165) is 25.9 Å². The molecule has 1 aromatic carbocycles. The molecule has 1 aliphatic heterocycles. The number of nitrogens with one attached hydrogen (secondary N) is 3. The third-order valence-corrected chi connectivity index (χ3v) is 4.47. The number of hydrogen-bond acceptors (Lipinski definition) is 4. The Kier molecular flexibility index (Phi) is 7.96. The zero-order valence-electron chi connectivity index (χ0n) is 13.8.